The molecule has 0 aromatic heterocycles. The van der Waals surface area contributed by atoms with Crippen molar-refractivity contribution in [3.05, 3.63) is 162 Å². The van der Waals surface area contributed by atoms with Crippen molar-refractivity contribution in [1.82, 2.24) is 0 Å². The number of hydrogen-bond donors (Lipinski definition) is 0. The van der Waals surface area contributed by atoms with E-state index in [2.05, 4.69) is 172 Å². The van der Waals surface area contributed by atoms with E-state index in [1.807, 2.05) is 0 Å². The van der Waals surface area contributed by atoms with Crippen LogP contribution >= 0.6 is 0 Å². The van der Waals surface area contributed by atoms with Gasteiger partial charge in [-0.05, 0) is 161 Å². The monoisotopic (exact) mass is 731 g/mol. The van der Waals surface area contributed by atoms with Gasteiger partial charge in [-0.1, -0.05) is 119 Å². The number of benzene rings is 6. The summed E-state index contributed by atoms with van der Waals surface area (Å²) in [5.41, 5.74) is 14.7. The maximum absolute atomic E-state index is 6.86. The van der Waals surface area contributed by atoms with Crippen LogP contribution in [0.15, 0.2) is 140 Å². The molecule has 4 saturated carbocycles. The SMILES string of the molecule is CC1(C)CCC(C)(C)c2cc(N(c3ccc(-c4ccc(-c5ccccc5)cc4)cc3)c3ccc4c(c3)C3(c5ccccc5O4)C4CC5CC(C4)CC3C5)ccc21. The average molecular weight is 732 g/mol. The zero-order valence-electron chi connectivity index (χ0n) is 33.4. The van der Waals surface area contributed by atoms with Gasteiger partial charge in [-0.2, -0.15) is 0 Å². The van der Waals surface area contributed by atoms with Crippen LogP contribution in [0.3, 0.4) is 0 Å². The maximum atomic E-state index is 6.86. The van der Waals surface area contributed by atoms with Gasteiger partial charge in [-0.25, -0.2) is 0 Å². The zero-order valence-corrected chi connectivity index (χ0v) is 33.4. The predicted molar refractivity (Wildman–Crippen MR) is 232 cm³/mol. The number of fused-ring (bicyclic) bond motifs is 3. The molecular formula is C54H53NO. The fourth-order valence-electron chi connectivity index (χ4n) is 12.5. The minimum Gasteiger partial charge on any atom is -0.457 e. The van der Waals surface area contributed by atoms with Crippen LogP contribution in [0.5, 0.6) is 11.5 Å². The van der Waals surface area contributed by atoms with E-state index in [4.69, 9.17) is 4.74 Å². The molecule has 0 atom stereocenters. The Morgan fingerprint density at radius 2 is 0.911 bits per heavy atom. The van der Waals surface area contributed by atoms with E-state index in [0.29, 0.717) is 11.8 Å². The highest BCUT2D eigenvalue weighted by Gasteiger charge is 2.61. The molecule has 12 rings (SSSR count). The molecule has 0 amide bonds. The first-order chi connectivity index (χ1) is 27.2. The molecule has 2 heteroatoms. The summed E-state index contributed by atoms with van der Waals surface area (Å²) in [6.07, 6.45) is 9.23. The quantitative estimate of drug-likeness (QED) is 0.175. The Morgan fingerprint density at radius 1 is 0.429 bits per heavy atom. The van der Waals surface area contributed by atoms with Gasteiger partial charge in [-0.15, -0.1) is 0 Å². The average Bonchev–Trinajstić information content (AvgIpc) is 3.22. The van der Waals surface area contributed by atoms with Gasteiger partial charge >= 0.3 is 0 Å². The minimum absolute atomic E-state index is 0.00306. The van der Waals surface area contributed by atoms with Crippen molar-refractivity contribution in [1.29, 1.82) is 0 Å². The number of hydrogen-bond acceptors (Lipinski definition) is 2. The van der Waals surface area contributed by atoms with Crippen LogP contribution < -0.4 is 9.64 Å². The van der Waals surface area contributed by atoms with Gasteiger partial charge in [0.25, 0.3) is 0 Å². The van der Waals surface area contributed by atoms with Crippen LogP contribution in [-0.2, 0) is 16.2 Å². The van der Waals surface area contributed by atoms with Crippen molar-refractivity contribution in [2.75, 3.05) is 4.90 Å². The third kappa shape index (κ3) is 5.20. The molecule has 2 nitrogen and oxygen atoms in total. The summed E-state index contributed by atoms with van der Waals surface area (Å²) in [4.78, 5) is 2.53. The molecule has 56 heavy (non-hydrogen) atoms. The highest BCUT2D eigenvalue weighted by Crippen LogP contribution is 2.69. The van der Waals surface area contributed by atoms with Gasteiger partial charge in [0.05, 0.1) is 0 Å². The number of nitrogens with zero attached hydrogens (tertiary/aromatic N) is 1. The Labute approximate surface area is 333 Å². The van der Waals surface area contributed by atoms with Crippen LogP contribution in [-0.4, -0.2) is 0 Å². The van der Waals surface area contributed by atoms with Gasteiger partial charge in [0.15, 0.2) is 0 Å². The van der Waals surface area contributed by atoms with E-state index in [1.165, 1.54) is 107 Å². The maximum Gasteiger partial charge on any atom is 0.131 e. The molecule has 0 radical (unpaired) electrons. The highest BCUT2D eigenvalue weighted by molar-refractivity contribution is 5.81. The van der Waals surface area contributed by atoms with Crippen molar-refractivity contribution in [2.24, 2.45) is 23.7 Å². The van der Waals surface area contributed by atoms with Crippen molar-refractivity contribution >= 4 is 17.1 Å². The Bertz CT molecular complexity index is 2430. The lowest BCUT2D eigenvalue weighted by atomic mass is 9.42. The normalized spacial score (nSPS) is 25.9. The third-order valence-corrected chi connectivity index (χ3v) is 15.2. The molecule has 0 N–H and O–H groups in total. The molecule has 1 spiro atoms. The topological polar surface area (TPSA) is 12.5 Å². The molecule has 1 aliphatic heterocycles. The Kier molecular flexibility index (Phi) is 7.61. The smallest absolute Gasteiger partial charge is 0.131 e. The molecule has 280 valence electrons. The van der Waals surface area contributed by atoms with Gasteiger partial charge in [0.2, 0.25) is 0 Å². The fraction of sp³-hybridized carbons (Fsp3) is 0.333. The van der Waals surface area contributed by atoms with E-state index in [1.54, 1.807) is 0 Å². The lowest BCUT2D eigenvalue weighted by Crippen LogP contribution is -2.57. The lowest BCUT2D eigenvalue weighted by molar-refractivity contribution is -0.0452. The first kappa shape index (κ1) is 34.2. The van der Waals surface area contributed by atoms with Gasteiger partial charge in [0.1, 0.15) is 11.5 Å². The third-order valence-electron chi connectivity index (χ3n) is 15.2. The molecule has 6 aromatic rings. The number of ether oxygens (including phenoxy) is 1. The first-order valence-corrected chi connectivity index (χ1v) is 21.3. The van der Waals surface area contributed by atoms with E-state index in [-0.39, 0.29) is 16.2 Å². The number of anilines is 3. The molecule has 4 fully saturated rings. The Morgan fingerprint density at radius 3 is 1.55 bits per heavy atom. The summed E-state index contributed by atoms with van der Waals surface area (Å²) in [6.45, 7) is 9.73. The molecule has 1 heterocycles. The molecule has 0 saturated heterocycles. The van der Waals surface area contributed by atoms with E-state index in [0.717, 1.165) is 23.3 Å². The Hall–Kier alpha value is -5.08. The van der Waals surface area contributed by atoms with Crippen molar-refractivity contribution in [3.8, 4) is 33.8 Å². The van der Waals surface area contributed by atoms with Crippen LogP contribution in [0.25, 0.3) is 22.3 Å². The lowest BCUT2D eigenvalue weighted by Gasteiger charge is -2.63. The van der Waals surface area contributed by atoms with Crippen molar-refractivity contribution in [2.45, 2.75) is 88.9 Å². The van der Waals surface area contributed by atoms with Gasteiger partial charge in [0, 0.05) is 33.6 Å². The molecule has 6 aromatic carbocycles. The minimum atomic E-state index is -0.00306. The molecule has 0 unspecified atom stereocenters. The summed E-state index contributed by atoms with van der Waals surface area (Å²) in [6, 6.07) is 52.5. The molecular weight excluding hydrogens is 679 g/mol. The second kappa shape index (κ2) is 12.5. The molecule has 4 bridgehead atoms. The standard InChI is InChI=1S/C54H53NO/c1-52(2)26-27-53(3,4)48-33-44(22-24-46(48)52)55(43-20-18-40(19-21-43)39-16-14-38(15-17-39)37-10-6-5-7-11-37)45-23-25-51-49(34-45)54(47-12-8-9-13-50(47)56-51)41-29-35-28-36(31-41)32-42(54)30-35/h5-25,33-36,41-42H,26-32H2,1-4H3. The van der Waals surface area contributed by atoms with Gasteiger partial charge < -0.3 is 9.64 Å². The van der Waals surface area contributed by atoms with Crippen LogP contribution in [0.4, 0.5) is 17.1 Å². The Balaban J connectivity index is 1.05. The zero-order chi connectivity index (χ0) is 37.8. The summed E-state index contributed by atoms with van der Waals surface area (Å²) in [5.74, 6) is 5.22. The van der Waals surface area contributed by atoms with E-state index in [9.17, 15) is 0 Å². The summed E-state index contributed by atoms with van der Waals surface area (Å²) >= 11 is 0. The summed E-state index contributed by atoms with van der Waals surface area (Å²) < 4.78 is 6.86. The largest absolute Gasteiger partial charge is 0.457 e. The predicted octanol–water partition coefficient (Wildman–Crippen LogP) is 14.7. The van der Waals surface area contributed by atoms with Gasteiger partial charge in [-0.3, -0.25) is 0 Å². The highest BCUT2D eigenvalue weighted by atomic mass is 16.5. The van der Waals surface area contributed by atoms with Crippen LogP contribution in [0.1, 0.15) is 94.9 Å². The fourth-order valence-corrected chi connectivity index (χ4v) is 12.5. The second-order valence-corrected chi connectivity index (χ2v) is 19.3. The molecule has 5 aliphatic carbocycles. The van der Waals surface area contributed by atoms with E-state index >= 15 is 0 Å². The summed E-state index contributed by atoms with van der Waals surface area (Å²) in [5, 5.41) is 0. The van der Waals surface area contributed by atoms with Crippen molar-refractivity contribution in [3.63, 3.8) is 0 Å². The van der Waals surface area contributed by atoms with Crippen LogP contribution in [0.2, 0.25) is 0 Å². The number of para-hydroxylation sites is 1. The van der Waals surface area contributed by atoms with Crippen LogP contribution in [0, 0.1) is 23.7 Å². The van der Waals surface area contributed by atoms with E-state index < -0.39 is 0 Å². The van der Waals surface area contributed by atoms with Crippen molar-refractivity contribution < 1.29 is 4.74 Å². The number of rotatable bonds is 5. The second-order valence-electron chi connectivity index (χ2n) is 19.3. The summed E-state index contributed by atoms with van der Waals surface area (Å²) in [7, 11) is 0. The first-order valence-electron chi connectivity index (χ1n) is 21.3. The molecule has 6 aliphatic rings.